The van der Waals surface area contributed by atoms with Gasteiger partial charge in [-0.1, -0.05) is 0 Å². The maximum Gasteiger partial charge on any atom is 0.129 e. The number of aliphatic hydroxyl groups is 1. The van der Waals surface area contributed by atoms with E-state index in [2.05, 4.69) is 5.10 Å². The second kappa shape index (κ2) is 4.97. The van der Waals surface area contributed by atoms with E-state index in [1.807, 2.05) is 0 Å². The Morgan fingerprint density at radius 1 is 1.47 bits per heavy atom. The molecule has 1 heterocycles. The molecule has 0 unspecified atom stereocenters. The lowest BCUT2D eigenvalue weighted by Gasteiger charge is -2.06. The fraction of sp³-hybridized carbons (Fsp3) is 0.250. The zero-order chi connectivity index (χ0) is 12.3. The molecule has 0 saturated carbocycles. The lowest BCUT2D eigenvalue weighted by Crippen LogP contribution is -2.01. The van der Waals surface area contributed by atoms with Gasteiger partial charge in [0.15, 0.2) is 0 Å². The van der Waals surface area contributed by atoms with E-state index in [0.717, 1.165) is 11.1 Å². The summed E-state index contributed by atoms with van der Waals surface area (Å²) in [5.74, 6) is 0.127. The van der Waals surface area contributed by atoms with E-state index in [1.54, 1.807) is 23.1 Å². The molecule has 2 rings (SSSR count). The highest BCUT2D eigenvalue weighted by atomic mass is 19.1. The number of benzene rings is 1. The summed E-state index contributed by atoms with van der Waals surface area (Å²) >= 11 is 0. The molecule has 0 radical (unpaired) electrons. The fourth-order valence-corrected chi connectivity index (χ4v) is 1.63. The lowest BCUT2D eigenvalue weighted by atomic mass is 10.1. The van der Waals surface area contributed by atoms with Gasteiger partial charge >= 0.3 is 0 Å². The van der Waals surface area contributed by atoms with Crippen LogP contribution in [0, 0.1) is 5.82 Å². The van der Waals surface area contributed by atoms with Crippen molar-refractivity contribution in [2.75, 3.05) is 13.7 Å². The van der Waals surface area contributed by atoms with Gasteiger partial charge < -0.3 is 9.84 Å². The van der Waals surface area contributed by atoms with Crippen molar-refractivity contribution in [1.82, 2.24) is 9.78 Å². The highest BCUT2D eigenvalue weighted by Gasteiger charge is 2.09. The van der Waals surface area contributed by atoms with Crippen LogP contribution in [-0.2, 0) is 6.54 Å². The van der Waals surface area contributed by atoms with E-state index < -0.39 is 0 Å². The number of hydrogen-bond donors (Lipinski definition) is 1. The molecule has 0 amide bonds. The van der Waals surface area contributed by atoms with Gasteiger partial charge in [0.1, 0.15) is 11.6 Å². The highest BCUT2D eigenvalue weighted by molar-refractivity contribution is 5.69. The molecule has 0 bridgehead atoms. The fourth-order valence-electron chi connectivity index (χ4n) is 1.63. The molecule has 1 aromatic heterocycles. The molecule has 1 N–H and O–H groups in total. The number of aromatic nitrogens is 2. The second-order valence-corrected chi connectivity index (χ2v) is 3.56. The Bertz CT molecular complexity index is 511. The van der Waals surface area contributed by atoms with Gasteiger partial charge in [-0.25, -0.2) is 4.39 Å². The number of aliphatic hydroxyl groups excluding tert-OH is 1. The van der Waals surface area contributed by atoms with Crippen LogP contribution in [0.4, 0.5) is 4.39 Å². The largest absolute Gasteiger partial charge is 0.496 e. The third-order valence-corrected chi connectivity index (χ3v) is 2.44. The van der Waals surface area contributed by atoms with Crippen LogP contribution < -0.4 is 4.74 Å². The van der Waals surface area contributed by atoms with Crippen molar-refractivity contribution >= 4 is 0 Å². The molecular formula is C12H13FN2O2. The van der Waals surface area contributed by atoms with Gasteiger partial charge in [-0.15, -0.1) is 0 Å². The molecule has 0 fully saturated rings. The van der Waals surface area contributed by atoms with Crippen LogP contribution in [-0.4, -0.2) is 28.6 Å². The maximum absolute atomic E-state index is 13.0. The minimum absolute atomic E-state index is 0.0294. The number of ether oxygens (including phenoxy) is 1. The zero-order valence-electron chi connectivity index (χ0n) is 9.43. The molecule has 0 aliphatic rings. The van der Waals surface area contributed by atoms with Crippen molar-refractivity contribution in [3.05, 3.63) is 36.4 Å². The quantitative estimate of drug-likeness (QED) is 0.878. The van der Waals surface area contributed by atoms with Gasteiger partial charge in [-0.05, 0) is 12.1 Å². The molecule has 0 saturated heterocycles. The Morgan fingerprint density at radius 2 is 2.29 bits per heavy atom. The first kappa shape index (κ1) is 11.6. The molecule has 0 aliphatic carbocycles. The third kappa shape index (κ3) is 2.45. The van der Waals surface area contributed by atoms with Crippen LogP contribution in [0.15, 0.2) is 30.6 Å². The molecule has 90 valence electrons. The Morgan fingerprint density at radius 3 is 3.00 bits per heavy atom. The SMILES string of the molecule is COc1cc(F)ccc1-c1cnn(CCO)c1. The van der Waals surface area contributed by atoms with Crippen molar-refractivity contribution in [1.29, 1.82) is 0 Å². The average Bonchev–Trinajstić information content (AvgIpc) is 2.78. The van der Waals surface area contributed by atoms with E-state index in [0.29, 0.717) is 12.3 Å². The summed E-state index contributed by atoms with van der Waals surface area (Å²) in [5.41, 5.74) is 1.60. The van der Waals surface area contributed by atoms with Crippen molar-refractivity contribution < 1.29 is 14.2 Å². The van der Waals surface area contributed by atoms with E-state index in [-0.39, 0.29) is 12.4 Å². The van der Waals surface area contributed by atoms with Crippen LogP contribution in [0.5, 0.6) is 5.75 Å². The predicted octanol–water partition coefficient (Wildman–Crippen LogP) is 1.69. The van der Waals surface area contributed by atoms with Crippen molar-refractivity contribution in [2.45, 2.75) is 6.54 Å². The van der Waals surface area contributed by atoms with Gasteiger partial charge in [0.2, 0.25) is 0 Å². The maximum atomic E-state index is 13.0. The second-order valence-electron chi connectivity index (χ2n) is 3.56. The first-order valence-corrected chi connectivity index (χ1v) is 5.22. The van der Waals surface area contributed by atoms with Gasteiger partial charge in [-0.2, -0.15) is 5.10 Å². The smallest absolute Gasteiger partial charge is 0.129 e. The standard InChI is InChI=1S/C12H13FN2O2/c1-17-12-6-10(13)2-3-11(12)9-7-14-15(8-9)4-5-16/h2-3,6-8,16H,4-5H2,1H3. The van der Waals surface area contributed by atoms with Crippen molar-refractivity contribution in [3.8, 4) is 16.9 Å². The van der Waals surface area contributed by atoms with E-state index >= 15 is 0 Å². The average molecular weight is 236 g/mol. The molecule has 0 aliphatic heterocycles. The molecular weight excluding hydrogens is 223 g/mol. The number of methoxy groups -OCH3 is 1. The monoisotopic (exact) mass is 236 g/mol. The molecule has 2 aromatic rings. The molecule has 0 spiro atoms. The number of halogens is 1. The Labute approximate surface area is 98.3 Å². The molecule has 4 nitrogen and oxygen atoms in total. The van der Waals surface area contributed by atoms with Gasteiger partial charge in [0.05, 0.1) is 26.5 Å². The Balaban J connectivity index is 2.37. The van der Waals surface area contributed by atoms with Crippen molar-refractivity contribution in [2.24, 2.45) is 0 Å². The van der Waals surface area contributed by atoms with Gasteiger partial charge in [0, 0.05) is 23.4 Å². The number of hydrogen-bond acceptors (Lipinski definition) is 3. The van der Waals surface area contributed by atoms with Crippen molar-refractivity contribution in [3.63, 3.8) is 0 Å². The first-order chi connectivity index (χ1) is 8.24. The molecule has 5 heteroatoms. The van der Waals surface area contributed by atoms with E-state index in [4.69, 9.17) is 9.84 Å². The minimum atomic E-state index is -0.339. The summed E-state index contributed by atoms with van der Waals surface area (Å²) in [4.78, 5) is 0. The van der Waals surface area contributed by atoms with E-state index in [1.165, 1.54) is 19.2 Å². The molecule has 17 heavy (non-hydrogen) atoms. The summed E-state index contributed by atoms with van der Waals surface area (Å²) < 4.78 is 19.8. The Kier molecular flexibility index (Phi) is 3.39. The number of nitrogens with zero attached hydrogens (tertiary/aromatic N) is 2. The zero-order valence-corrected chi connectivity index (χ0v) is 9.43. The van der Waals surface area contributed by atoms with Gasteiger partial charge in [0.25, 0.3) is 0 Å². The van der Waals surface area contributed by atoms with E-state index in [9.17, 15) is 4.39 Å². The minimum Gasteiger partial charge on any atom is -0.496 e. The number of rotatable bonds is 4. The summed E-state index contributed by atoms with van der Waals surface area (Å²) in [6, 6.07) is 4.36. The van der Waals surface area contributed by atoms with Crippen LogP contribution in [0.25, 0.3) is 11.1 Å². The van der Waals surface area contributed by atoms with Crippen LogP contribution in [0.1, 0.15) is 0 Å². The van der Waals surface area contributed by atoms with Crippen LogP contribution in [0.2, 0.25) is 0 Å². The predicted molar refractivity (Wildman–Crippen MR) is 61.3 cm³/mol. The van der Waals surface area contributed by atoms with Crippen LogP contribution in [0.3, 0.4) is 0 Å². The highest BCUT2D eigenvalue weighted by Crippen LogP contribution is 2.30. The summed E-state index contributed by atoms with van der Waals surface area (Å²) in [5, 5.41) is 12.9. The summed E-state index contributed by atoms with van der Waals surface area (Å²) in [6.45, 7) is 0.463. The normalized spacial score (nSPS) is 10.5. The first-order valence-electron chi connectivity index (χ1n) is 5.22. The topological polar surface area (TPSA) is 47.3 Å². The lowest BCUT2D eigenvalue weighted by molar-refractivity contribution is 0.269. The van der Waals surface area contributed by atoms with Crippen LogP contribution >= 0.6 is 0 Å². The summed E-state index contributed by atoms with van der Waals surface area (Å²) in [7, 11) is 1.50. The Hall–Kier alpha value is -1.88. The summed E-state index contributed by atoms with van der Waals surface area (Å²) in [6.07, 6.45) is 3.44. The molecule has 1 aromatic carbocycles. The molecule has 0 atom stereocenters. The third-order valence-electron chi connectivity index (χ3n) is 2.44. The van der Waals surface area contributed by atoms with Gasteiger partial charge in [-0.3, -0.25) is 4.68 Å².